The van der Waals surface area contributed by atoms with E-state index in [9.17, 15) is 14.4 Å². The summed E-state index contributed by atoms with van der Waals surface area (Å²) in [5, 5.41) is 8.71. The zero-order valence-electron chi connectivity index (χ0n) is 11.4. The summed E-state index contributed by atoms with van der Waals surface area (Å²) in [6, 6.07) is 6.68. The minimum absolute atomic E-state index is 0.336. The number of carboxylic acids is 1. The minimum Gasteiger partial charge on any atom is -0.493 e. The number of nitrogens with two attached hydrogens (primary N) is 1. The molecule has 0 spiro atoms. The van der Waals surface area contributed by atoms with Crippen LogP contribution in [0.25, 0.3) is 0 Å². The zero-order chi connectivity index (χ0) is 15.8. The van der Waals surface area contributed by atoms with Gasteiger partial charge in [-0.05, 0) is 12.1 Å². The van der Waals surface area contributed by atoms with E-state index >= 15 is 0 Å². The summed E-state index contributed by atoms with van der Waals surface area (Å²) in [5.41, 5.74) is 4.97. The molecule has 114 valence electrons. The topological polar surface area (TPSA) is 119 Å². The van der Waals surface area contributed by atoms with E-state index in [0.29, 0.717) is 11.5 Å². The third-order valence-corrected chi connectivity index (χ3v) is 2.45. The van der Waals surface area contributed by atoms with Crippen molar-refractivity contribution >= 4 is 17.8 Å². The average molecular weight is 296 g/mol. The van der Waals surface area contributed by atoms with Crippen LogP contribution in [0.4, 0.5) is 0 Å². The van der Waals surface area contributed by atoms with Gasteiger partial charge in [-0.25, -0.2) is 0 Å². The molecule has 0 atom stereocenters. The van der Waals surface area contributed by atoms with Crippen LogP contribution >= 0.6 is 0 Å². The highest BCUT2D eigenvalue weighted by atomic mass is 16.5. The fourth-order valence-corrected chi connectivity index (χ4v) is 1.55. The van der Waals surface area contributed by atoms with Crippen molar-refractivity contribution in [1.29, 1.82) is 0 Å². The van der Waals surface area contributed by atoms with Crippen molar-refractivity contribution in [3.8, 4) is 11.5 Å². The molecule has 0 heterocycles. The van der Waals surface area contributed by atoms with Gasteiger partial charge in [-0.15, -0.1) is 0 Å². The Hall–Kier alpha value is -2.77. The van der Waals surface area contributed by atoms with Gasteiger partial charge < -0.3 is 25.2 Å². The molecule has 0 fully saturated rings. The normalized spacial score (nSPS) is 9.76. The standard InChI is InChI=1S/C13H16N2O6/c1-20-9-4-2-3-5-10(9)21-8-12(17)15(6-11(14)16)7-13(18)19/h2-5H,6-8H2,1H3,(H2,14,16)(H,18,19). The summed E-state index contributed by atoms with van der Waals surface area (Å²) < 4.78 is 10.3. The Labute approximate surface area is 121 Å². The van der Waals surface area contributed by atoms with Gasteiger partial charge in [-0.2, -0.15) is 0 Å². The van der Waals surface area contributed by atoms with E-state index in [1.807, 2.05) is 0 Å². The van der Waals surface area contributed by atoms with Gasteiger partial charge in [0.2, 0.25) is 5.91 Å². The molecular weight excluding hydrogens is 280 g/mol. The first-order valence-electron chi connectivity index (χ1n) is 5.97. The third-order valence-electron chi connectivity index (χ3n) is 2.45. The maximum absolute atomic E-state index is 11.9. The molecule has 0 radical (unpaired) electrons. The summed E-state index contributed by atoms with van der Waals surface area (Å²) >= 11 is 0. The number of nitrogens with zero attached hydrogens (tertiary/aromatic N) is 1. The van der Waals surface area contributed by atoms with Crippen molar-refractivity contribution in [2.45, 2.75) is 0 Å². The molecule has 0 unspecified atom stereocenters. The Morgan fingerprint density at radius 1 is 1.19 bits per heavy atom. The number of carboxylic acid groups (broad SMARTS) is 1. The quantitative estimate of drug-likeness (QED) is 0.665. The predicted octanol–water partition coefficient (Wildman–Crippen LogP) is -0.527. The van der Waals surface area contributed by atoms with Gasteiger partial charge in [0.15, 0.2) is 18.1 Å². The highest BCUT2D eigenvalue weighted by Gasteiger charge is 2.19. The number of carbonyl (C=O) groups excluding carboxylic acids is 2. The first-order chi connectivity index (χ1) is 9.93. The number of hydrogen-bond acceptors (Lipinski definition) is 5. The molecule has 0 bridgehead atoms. The van der Waals surface area contributed by atoms with Crippen molar-refractivity contribution in [3.63, 3.8) is 0 Å². The van der Waals surface area contributed by atoms with E-state index in [2.05, 4.69) is 0 Å². The Bertz CT molecular complexity index is 515. The highest BCUT2D eigenvalue weighted by molar-refractivity contribution is 5.87. The van der Waals surface area contributed by atoms with Crippen molar-refractivity contribution in [2.24, 2.45) is 5.73 Å². The van der Waals surface area contributed by atoms with Crippen LogP contribution in [0.1, 0.15) is 0 Å². The Kier molecular flexibility index (Phi) is 5.99. The summed E-state index contributed by atoms with van der Waals surface area (Å²) in [6.45, 7) is -1.54. The lowest BCUT2D eigenvalue weighted by Crippen LogP contribution is -2.43. The molecule has 3 N–H and O–H groups in total. The zero-order valence-corrected chi connectivity index (χ0v) is 11.4. The number of ether oxygens (including phenoxy) is 2. The van der Waals surface area contributed by atoms with Crippen molar-refractivity contribution < 1.29 is 29.0 Å². The maximum Gasteiger partial charge on any atom is 0.323 e. The lowest BCUT2D eigenvalue weighted by Gasteiger charge is -2.19. The molecule has 1 rings (SSSR count). The number of primary amides is 1. The molecule has 0 aromatic heterocycles. The Morgan fingerprint density at radius 3 is 2.33 bits per heavy atom. The maximum atomic E-state index is 11.9. The summed E-state index contributed by atoms with van der Waals surface area (Å²) in [7, 11) is 1.45. The molecule has 1 aromatic carbocycles. The molecule has 0 aliphatic carbocycles. The molecule has 0 saturated heterocycles. The second-order valence-electron chi connectivity index (χ2n) is 4.05. The summed E-state index contributed by atoms with van der Waals surface area (Å²) in [6.07, 6.45) is 0. The SMILES string of the molecule is COc1ccccc1OCC(=O)N(CC(N)=O)CC(=O)O. The Morgan fingerprint density at radius 2 is 1.81 bits per heavy atom. The van der Waals surface area contributed by atoms with E-state index in [1.165, 1.54) is 7.11 Å². The van der Waals surface area contributed by atoms with E-state index < -0.39 is 37.5 Å². The number of carbonyl (C=O) groups is 3. The molecule has 8 nitrogen and oxygen atoms in total. The van der Waals surface area contributed by atoms with Gasteiger partial charge in [-0.3, -0.25) is 14.4 Å². The van der Waals surface area contributed by atoms with Crippen LogP contribution in [0.3, 0.4) is 0 Å². The first-order valence-corrected chi connectivity index (χ1v) is 5.97. The van der Waals surface area contributed by atoms with Crippen LogP contribution in [-0.4, -0.2) is 54.6 Å². The monoisotopic (exact) mass is 296 g/mol. The van der Waals surface area contributed by atoms with E-state index in [-0.39, 0.29) is 0 Å². The number of methoxy groups -OCH3 is 1. The molecule has 0 aliphatic heterocycles. The van der Waals surface area contributed by atoms with Gasteiger partial charge in [0.25, 0.3) is 5.91 Å². The Balaban J connectivity index is 2.68. The summed E-state index contributed by atoms with van der Waals surface area (Å²) in [4.78, 5) is 34.2. The van der Waals surface area contributed by atoms with Gasteiger partial charge in [0.1, 0.15) is 13.1 Å². The highest BCUT2D eigenvalue weighted by Crippen LogP contribution is 2.25. The number of rotatable bonds is 8. The second-order valence-corrected chi connectivity index (χ2v) is 4.05. The van der Waals surface area contributed by atoms with Crippen molar-refractivity contribution in [3.05, 3.63) is 24.3 Å². The number of para-hydroxylation sites is 2. The van der Waals surface area contributed by atoms with Crippen LogP contribution in [0, 0.1) is 0 Å². The fourth-order valence-electron chi connectivity index (χ4n) is 1.55. The van der Waals surface area contributed by atoms with E-state index in [0.717, 1.165) is 4.90 Å². The fraction of sp³-hybridized carbons (Fsp3) is 0.308. The predicted molar refractivity (Wildman–Crippen MR) is 71.9 cm³/mol. The second kappa shape index (κ2) is 7.73. The van der Waals surface area contributed by atoms with Crippen LogP contribution < -0.4 is 15.2 Å². The minimum atomic E-state index is -1.25. The lowest BCUT2D eigenvalue weighted by molar-refractivity contribution is -0.146. The number of amides is 2. The van der Waals surface area contributed by atoms with Crippen LogP contribution in [-0.2, 0) is 14.4 Å². The molecular formula is C13H16N2O6. The molecule has 1 aromatic rings. The molecule has 0 aliphatic rings. The van der Waals surface area contributed by atoms with Crippen molar-refractivity contribution in [2.75, 3.05) is 26.8 Å². The van der Waals surface area contributed by atoms with Gasteiger partial charge >= 0.3 is 5.97 Å². The largest absolute Gasteiger partial charge is 0.493 e. The molecule has 0 saturated carbocycles. The number of aliphatic carboxylic acids is 1. The number of hydrogen-bond donors (Lipinski definition) is 2. The average Bonchev–Trinajstić information content (AvgIpc) is 2.43. The number of benzene rings is 1. The van der Waals surface area contributed by atoms with Crippen LogP contribution in [0.2, 0.25) is 0 Å². The molecule has 8 heteroatoms. The third kappa shape index (κ3) is 5.39. The van der Waals surface area contributed by atoms with Gasteiger partial charge in [0.05, 0.1) is 7.11 Å². The first kappa shape index (κ1) is 16.3. The van der Waals surface area contributed by atoms with E-state index in [1.54, 1.807) is 24.3 Å². The summed E-state index contributed by atoms with van der Waals surface area (Å²) in [5.74, 6) is -1.95. The van der Waals surface area contributed by atoms with E-state index in [4.69, 9.17) is 20.3 Å². The molecule has 21 heavy (non-hydrogen) atoms. The van der Waals surface area contributed by atoms with Crippen LogP contribution in [0.15, 0.2) is 24.3 Å². The van der Waals surface area contributed by atoms with Gasteiger partial charge in [-0.1, -0.05) is 12.1 Å². The lowest BCUT2D eigenvalue weighted by atomic mass is 10.3. The molecule has 2 amide bonds. The van der Waals surface area contributed by atoms with Crippen molar-refractivity contribution in [1.82, 2.24) is 4.90 Å². The smallest absolute Gasteiger partial charge is 0.323 e. The van der Waals surface area contributed by atoms with Gasteiger partial charge in [0, 0.05) is 0 Å². The van der Waals surface area contributed by atoms with Crippen LogP contribution in [0.5, 0.6) is 11.5 Å².